The molecular weight excluding hydrogens is 264 g/mol. The van der Waals surface area contributed by atoms with Crippen molar-refractivity contribution in [2.24, 2.45) is 11.1 Å². The van der Waals surface area contributed by atoms with E-state index in [1.807, 2.05) is 25.1 Å². The summed E-state index contributed by atoms with van der Waals surface area (Å²) in [5.74, 6) is 0.783. The third-order valence-corrected chi connectivity index (χ3v) is 4.26. The standard InChI is InChI=1S/C17H26N2O2/c1-3-9-21-15-10-13(2)5-6-14(15)19-16(20)11-17(12-18)7-4-8-17/h5-6,10H,3-4,7-9,11-12,18H2,1-2H3,(H,19,20). The maximum atomic E-state index is 12.3. The van der Waals surface area contributed by atoms with Crippen molar-refractivity contribution in [2.45, 2.75) is 46.0 Å². The molecule has 1 aromatic rings. The number of benzene rings is 1. The molecule has 3 N–H and O–H groups in total. The van der Waals surface area contributed by atoms with Crippen LogP contribution in [0.5, 0.6) is 5.75 Å². The molecule has 1 aromatic carbocycles. The number of rotatable bonds is 7. The number of nitrogens with one attached hydrogen (secondary N) is 1. The fraction of sp³-hybridized carbons (Fsp3) is 0.588. The van der Waals surface area contributed by atoms with Gasteiger partial charge >= 0.3 is 0 Å². The quantitative estimate of drug-likeness (QED) is 0.810. The van der Waals surface area contributed by atoms with Crippen LogP contribution in [0.2, 0.25) is 0 Å². The van der Waals surface area contributed by atoms with Gasteiger partial charge < -0.3 is 15.8 Å². The first kappa shape index (κ1) is 15.8. The highest BCUT2D eigenvalue weighted by Gasteiger charge is 2.37. The molecule has 1 saturated carbocycles. The van der Waals surface area contributed by atoms with Crippen molar-refractivity contribution in [1.82, 2.24) is 0 Å². The summed E-state index contributed by atoms with van der Waals surface area (Å²) in [4.78, 5) is 12.3. The Morgan fingerprint density at radius 2 is 2.19 bits per heavy atom. The number of aryl methyl sites for hydroxylation is 1. The summed E-state index contributed by atoms with van der Waals surface area (Å²) in [6, 6.07) is 5.86. The zero-order valence-electron chi connectivity index (χ0n) is 13.1. The van der Waals surface area contributed by atoms with Gasteiger partial charge in [-0.15, -0.1) is 0 Å². The summed E-state index contributed by atoms with van der Waals surface area (Å²) in [5, 5.41) is 2.99. The van der Waals surface area contributed by atoms with E-state index in [0.717, 1.165) is 36.3 Å². The van der Waals surface area contributed by atoms with Crippen LogP contribution in [-0.4, -0.2) is 19.1 Å². The topological polar surface area (TPSA) is 64.3 Å². The van der Waals surface area contributed by atoms with Crippen molar-refractivity contribution in [1.29, 1.82) is 0 Å². The van der Waals surface area contributed by atoms with Crippen LogP contribution >= 0.6 is 0 Å². The van der Waals surface area contributed by atoms with Gasteiger partial charge in [-0.25, -0.2) is 0 Å². The molecular formula is C17H26N2O2. The van der Waals surface area contributed by atoms with Gasteiger partial charge in [-0.2, -0.15) is 0 Å². The number of carbonyl (C=O) groups is 1. The van der Waals surface area contributed by atoms with E-state index < -0.39 is 0 Å². The van der Waals surface area contributed by atoms with Crippen LogP contribution in [0.1, 0.15) is 44.6 Å². The number of hydrogen-bond acceptors (Lipinski definition) is 3. The third kappa shape index (κ3) is 3.97. The number of carbonyl (C=O) groups excluding carboxylic acids is 1. The van der Waals surface area contributed by atoms with Gasteiger partial charge in [0.25, 0.3) is 0 Å². The predicted molar refractivity (Wildman–Crippen MR) is 85.6 cm³/mol. The fourth-order valence-corrected chi connectivity index (χ4v) is 2.73. The summed E-state index contributed by atoms with van der Waals surface area (Å²) < 4.78 is 5.73. The van der Waals surface area contributed by atoms with Gasteiger partial charge in [0, 0.05) is 6.42 Å². The molecule has 0 heterocycles. The van der Waals surface area contributed by atoms with Gasteiger partial charge in [-0.05, 0) is 55.8 Å². The van der Waals surface area contributed by atoms with Crippen molar-refractivity contribution >= 4 is 11.6 Å². The average molecular weight is 290 g/mol. The van der Waals surface area contributed by atoms with Gasteiger partial charge in [0.05, 0.1) is 12.3 Å². The summed E-state index contributed by atoms with van der Waals surface area (Å²) in [7, 11) is 0. The second-order valence-corrected chi connectivity index (χ2v) is 6.13. The zero-order chi connectivity index (χ0) is 15.3. The summed E-state index contributed by atoms with van der Waals surface area (Å²) in [5.41, 5.74) is 7.73. The highest BCUT2D eigenvalue weighted by molar-refractivity contribution is 5.92. The molecule has 1 aliphatic carbocycles. The van der Waals surface area contributed by atoms with Crippen LogP contribution in [0.15, 0.2) is 18.2 Å². The largest absolute Gasteiger partial charge is 0.491 e. The molecule has 1 fully saturated rings. The van der Waals surface area contributed by atoms with E-state index in [1.54, 1.807) is 0 Å². The highest BCUT2D eigenvalue weighted by Crippen LogP contribution is 2.43. The van der Waals surface area contributed by atoms with E-state index in [-0.39, 0.29) is 11.3 Å². The Morgan fingerprint density at radius 3 is 2.76 bits per heavy atom. The second-order valence-electron chi connectivity index (χ2n) is 6.13. The van der Waals surface area contributed by atoms with E-state index in [9.17, 15) is 4.79 Å². The van der Waals surface area contributed by atoms with Crippen molar-refractivity contribution in [3.8, 4) is 5.75 Å². The van der Waals surface area contributed by atoms with Gasteiger partial charge in [0.2, 0.25) is 5.91 Å². The molecule has 2 rings (SSSR count). The summed E-state index contributed by atoms with van der Waals surface area (Å²) in [6.45, 7) is 5.32. The predicted octanol–water partition coefficient (Wildman–Crippen LogP) is 3.24. The van der Waals surface area contributed by atoms with Crippen LogP contribution < -0.4 is 15.8 Å². The Kier molecular flexibility index (Phi) is 5.23. The average Bonchev–Trinajstić information content (AvgIpc) is 2.43. The lowest BCUT2D eigenvalue weighted by Gasteiger charge is -2.40. The van der Waals surface area contributed by atoms with Gasteiger partial charge in [0.1, 0.15) is 5.75 Å². The second kappa shape index (κ2) is 6.94. The normalized spacial score (nSPS) is 16.1. The number of anilines is 1. The molecule has 1 aliphatic rings. The SMILES string of the molecule is CCCOc1cc(C)ccc1NC(=O)CC1(CN)CCC1. The van der Waals surface area contributed by atoms with Gasteiger partial charge in [0.15, 0.2) is 0 Å². The smallest absolute Gasteiger partial charge is 0.225 e. The first-order chi connectivity index (χ1) is 10.1. The van der Waals surface area contributed by atoms with Gasteiger partial charge in [-0.3, -0.25) is 4.79 Å². The number of nitrogens with two attached hydrogens (primary N) is 1. The van der Waals surface area contributed by atoms with Crippen molar-refractivity contribution in [2.75, 3.05) is 18.5 Å². The third-order valence-electron chi connectivity index (χ3n) is 4.26. The van der Waals surface area contributed by atoms with Crippen LogP contribution in [0.3, 0.4) is 0 Å². The molecule has 0 spiro atoms. The first-order valence-corrected chi connectivity index (χ1v) is 7.82. The Bertz CT molecular complexity index is 490. The van der Waals surface area contributed by atoms with Crippen LogP contribution in [0.25, 0.3) is 0 Å². The Labute approximate surface area is 127 Å². The molecule has 0 aromatic heterocycles. The molecule has 116 valence electrons. The van der Waals surface area contributed by atoms with E-state index >= 15 is 0 Å². The molecule has 0 bridgehead atoms. The monoisotopic (exact) mass is 290 g/mol. The number of ether oxygens (including phenoxy) is 1. The minimum absolute atomic E-state index is 0.0270. The lowest BCUT2D eigenvalue weighted by atomic mass is 9.66. The maximum absolute atomic E-state index is 12.3. The number of hydrogen-bond donors (Lipinski definition) is 2. The Balaban J connectivity index is 2.02. The molecule has 21 heavy (non-hydrogen) atoms. The lowest BCUT2D eigenvalue weighted by Crippen LogP contribution is -2.40. The Hall–Kier alpha value is -1.55. The Morgan fingerprint density at radius 1 is 1.43 bits per heavy atom. The summed E-state index contributed by atoms with van der Waals surface area (Å²) in [6.07, 6.45) is 4.75. The molecule has 0 aliphatic heterocycles. The highest BCUT2D eigenvalue weighted by atomic mass is 16.5. The van der Waals surface area contributed by atoms with Crippen LogP contribution in [-0.2, 0) is 4.79 Å². The molecule has 4 nitrogen and oxygen atoms in total. The van der Waals surface area contributed by atoms with E-state index in [2.05, 4.69) is 12.2 Å². The molecule has 4 heteroatoms. The maximum Gasteiger partial charge on any atom is 0.225 e. The van der Waals surface area contributed by atoms with Gasteiger partial charge in [-0.1, -0.05) is 19.4 Å². The molecule has 0 radical (unpaired) electrons. The van der Waals surface area contributed by atoms with Crippen LogP contribution in [0, 0.1) is 12.3 Å². The zero-order valence-corrected chi connectivity index (χ0v) is 13.1. The lowest BCUT2D eigenvalue weighted by molar-refractivity contribution is -0.119. The summed E-state index contributed by atoms with van der Waals surface area (Å²) >= 11 is 0. The fourth-order valence-electron chi connectivity index (χ4n) is 2.73. The number of amides is 1. The van der Waals surface area contributed by atoms with E-state index in [4.69, 9.17) is 10.5 Å². The van der Waals surface area contributed by atoms with Crippen molar-refractivity contribution < 1.29 is 9.53 Å². The molecule has 0 unspecified atom stereocenters. The van der Waals surface area contributed by atoms with E-state index in [1.165, 1.54) is 6.42 Å². The minimum atomic E-state index is 0.0270. The minimum Gasteiger partial charge on any atom is -0.491 e. The molecule has 0 saturated heterocycles. The van der Waals surface area contributed by atoms with E-state index in [0.29, 0.717) is 19.6 Å². The van der Waals surface area contributed by atoms with Crippen molar-refractivity contribution in [3.05, 3.63) is 23.8 Å². The van der Waals surface area contributed by atoms with Crippen molar-refractivity contribution in [3.63, 3.8) is 0 Å². The van der Waals surface area contributed by atoms with Crippen LogP contribution in [0.4, 0.5) is 5.69 Å². The first-order valence-electron chi connectivity index (χ1n) is 7.82. The molecule has 0 atom stereocenters. The molecule has 1 amide bonds.